The number of hydrogen-bond donors (Lipinski definition) is 0. The Kier molecular flexibility index (Phi) is 6.24. The molecule has 0 rings (SSSR count). The molecular weight excluding hydrogens is 134 g/mol. The minimum Gasteiger partial charge on any atom is -0.301 e. The van der Waals surface area contributed by atoms with Crippen molar-refractivity contribution in [1.29, 1.82) is 0 Å². The molecule has 0 radical (unpaired) electrons. The van der Waals surface area contributed by atoms with E-state index in [9.17, 15) is 0 Å². The quantitative estimate of drug-likeness (QED) is 0.533. The van der Waals surface area contributed by atoms with E-state index in [-0.39, 0.29) is 0 Å². The lowest BCUT2D eigenvalue weighted by molar-refractivity contribution is 0.226. The Labute approximate surface area is 71.1 Å². The largest absolute Gasteiger partial charge is 0.301 e. The first-order chi connectivity index (χ1) is 5.22. The van der Waals surface area contributed by atoms with Gasteiger partial charge in [0.05, 0.1) is 0 Å². The SMILES string of the molecule is C=CCCN(CCC)C(C)C. The monoisotopic (exact) mass is 155 g/mol. The van der Waals surface area contributed by atoms with Crippen LogP contribution in [0, 0.1) is 0 Å². The highest BCUT2D eigenvalue weighted by molar-refractivity contribution is 4.71. The number of rotatable bonds is 6. The molecule has 0 aromatic heterocycles. The lowest BCUT2D eigenvalue weighted by Gasteiger charge is -2.25. The van der Waals surface area contributed by atoms with E-state index in [2.05, 4.69) is 32.3 Å². The molecule has 1 nitrogen and oxygen atoms in total. The van der Waals surface area contributed by atoms with E-state index in [0.717, 1.165) is 13.0 Å². The summed E-state index contributed by atoms with van der Waals surface area (Å²) in [7, 11) is 0. The Bertz CT molecular complexity index is 97.0. The molecule has 0 saturated carbocycles. The zero-order valence-electron chi connectivity index (χ0n) is 8.14. The topological polar surface area (TPSA) is 3.24 Å². The highest BCUT2D eigenvalue weighted by Crippen LogP contribution is 2.00. The molecule has 0 unspecified atom stereocenters. The summed E-state index contributed by atoms with van der Waals surface area (Å²) in [4.78, 5) is 2.49. The van der Waals surface area contributed by atoms with Gasteiger partial charge in [0, 0.05) is 12.6 Å². The van der Waals surface area contributed by atoms with Crippen molar-refractivity contribution in [3.63, 3.8) is 0 Å². The summed E-state index contributed by atoms with van der Waals surface area (Å²) in [6, 6.07) is 0.676. The van der Waals surface area contributed by atoms with Gasteiger partial charge in [0.2, 0.25) is 0 Å². The Balaban J connectivity index is 3.59. The minimum atomic E-state index is 0.676. The average molecular weight is 155 g/mol. The van der Waals surface area contributed by atoms with Crippen LogP contribution < -0.4 is 0 Å². The van der Waals surface area contributed by atoms with Gasteiger partial charge in [-0.1, -0.05) is 13.0 Å². The Morgan fingerprint density at radius 2 is 2.00 bits per heavy atom. The van der Waals surface area contributed by atoms with Gasteiger partial charge in [0.1, 0.15) is 0 Å². The van der Waals surface area contributed by atoms with Crippen LogP contribution in [0.5, 0.6) is 0 Å². The molecule has 0 aliphatic heterocycles. The molecular formula is C10H21N. The molecule has 0 saturated heterocycles. The first-order valence-electron chi connectivity index (χ1n) is 4.57. The molecule has 0 bridgehead atoms. The van der Waals surface area contributed by atoms with Crippen molar-refractivity contribution in [2.24, 2.45) is 0 Å². The molecule has 0 heterocycles. The fourth-order valence-electron chi connectivity index (χ4n) is 1.17. The van der Waals surface area contributed by atoms with Crippen LogP contribution >= 0.6 is 0 Å². The third kappa shape index (κ3) is 5.02. The van der Waals surface area contributed by atoms with Crippen molar-refractivity contribution in [2.75, 3.05) is 13.1 Å². The second kappa shape index (κ2) is 6.41. The molecule has 66 valence electrons. The van der Waals surface area contributed by atoms with Crippen LogP contribution in [0.2, 0.25) is 0 Å². The van der Waals surface area contributed by atoms with E-state index >= 15 is 0 Å². The van der Waals surface area contributed by atoms with Gasteiger partial charge in [-0.25, -0.2) is 0 Å². The summed E-state index contributed by atoms with van der Waals surface area (Å²) in [5, 5.41) is 0. The van der Waals surface area contributed by atoms with E-state index in [1.165, 1.54) is 13.0 Å². The normalized spacial score (nSPS) is 11.0. The van der Waals surface area contributed by atoms with E-state index in [4.69, 9.17) is 0 Å². The molecule has 0 fully saturated rings. The zero-order valence-corrected chi connectivity index (χ0v) is 8.14. The summed E-state index contributed by atoms with van der Waals surface area (Å²) in [6.07, 6.45) is 4.35. The summed E-state index contributed by atoms with van der Waals surface area (Å²) in [5.74, 6) is 0. The Morgan fingerprint density at radius 1 is 1.36 bits per heavy atom. The minimum absolute atomic E-state index is 0.676. The van der Waals surface area contributed by atoms with Crippen molar-refractivity contribution in [3.05, 3.63) is 12.7 Å². The van der Waals surface area contributed by atoms with Crippen LogP contribution in [-0.4, -0.2) is 24.0 Å². The van der Waals surface area contributed by atoms with Crippen LogP contribution in [0.1, 0.15) is 33.6 Å². The lowest BCUT2D eigenvalue weighted by atomic mass is 10.2. The Morgan fingerprint density at radius 3 is 2.36 bits per heavy atom. The van der Waals surface area contributed by atoms with Gasteiger partial charge in [-0.3, -0.25) is 0 Å². The third-order valence-electron chi connectivity index (χ3n) is 1.86. The van der Waals surface area contributed by atoms with Crippen LogP contribution in [0.25, 0.3) is 0 Å². The molecule has 0 aliphatic carbocycles. The lowest BCUT2D eigenvalue weighted by Crippen LogP contribution is -2.32. The van der Waals surface area contributed by atoms with Crippen LogP contribution in [0.3, 0.4) is 0 Å². The fourth-order valence-corrected chi connectivity index (χ4v) is 1.17. The predicted octanol–water partition coefficient (Wildman–Crippen LogP) is 2.68. The van der Waals surface area contributed by atoms with Crippen molar-refractivity contribution < 1.29 is 0 Å². The zero-order chi connectivity index (χ0) is 8.69. The first-order valence-corrected chi connectivity index (χ1v) is 4.57. The molecule has 0 aliphatic rings. The molecule has 1 heteroatoms. The summed E-state index contributed by atoms with van der Waals surface area (Å²) >= 11 is 0. The molecule has 0 N–H and O–H groups in total. The maximum absolute atomic E-state index is 3.73. The van der Waals surface area contributed by atoms with E-state index in [1.807, 2.05) is 6.08 Å². The molecule has 0 spiro atoms. The van der Waals surface area contributed by atoms with Crippen LogP contribution in [0.4, 0.5) is 0 Å². The van der Waals surface area contributed by atoms with Crippen LogP contribution in [0.15, 0.2) is 12.7 Å². The van der Waals surface area contributed by atoms with Gasteiger partial charge < -0.3 is 4.90 Å². The fraction of sp³-hybridized carbons (Fsp3) is 0.800. The summed E-state index contributed by atoms with van der Waals surface area (Å²) in [6.45, 7) is 12.8. The van der Waals surface area contributed by atoms with E-state index in [1.54, 1.807) is 0 Å². The Hall–Kier alpha value is -0.300. The van der Waals surface area contributed by atoms with Crippen LogP contribution in [-0.2, 0) is 0 Å². The smallest absolute Gasteiger partial charge is 0.00387 e. The van der Waals surface area contributed by atoms with Crippen molar-refractivity contribution in [1.82, 2.24) is 4.90 Å². The van der Waals surface area contributed by atoms with Gasteiger partial charge in [-0.15, -0.1) is 6.58 Å². The number of hydrogen-bond acceptors (Lipinski definition) is 1. The second-order valence-corrected chi connectivity index (χ2v) is 3.21. The van der Waals surface area contributed by atoms with E-state index < -0.39 is 0 Å². The maximum atomic E-state index is 3.73. The summed E-state index contributed by atoms with van der Waals surface area (Å²) < 4.78 is 0. The summed E-state index contributed by atoms with van der Waals surface area (Å²) in [5.41, 5.74) is 0. The average Bonchev–Trinajstić information content (AvgIpc) is 1.97. The maximum Gasteiger partial charge on any atom is 0.00387 e. The highest BCUT2D eigenvalue weighted by atomic mass is 15.1. The molecule has 0 aromatic carbocycles. The molecule has 0 amide bonds. The van der Waals surface area contributed by atoms with Crippen molar-refractivity contribution in [3.8, 4) is 0 Å². The third-order valence-corrected chi connectivity index (χ3v) is 1.86. The second-order valence-electron chi connectivity index (χ2n) is 3.21. The molecule has 11 heavy (non-hydrogen) atoms. The standard InChI is InChI=1S/C10H21N/c1-5-7-9-11(8-6-2)10(3)4/h5,10H,1,6-9H2,2-4H3. The van der Waals surface area contributed by atoms with Gasteiger partial charge in [0.25, 0.3) is 0 Å². The first kappa shape index (κ1) is 10.7. The van der Waals surface area contributed by atoms with Gasteiger partial charge >= 0.3 is 0 Å². The highest BCUT2D eigenvalue weighted by Gasteiger charge is 2.05. The molecule has 0 atom stereocenters. The predicted molar refractivity (Wildman–Crippen MR) is 51.8 cm³/mol. The van der Waals surface area contributed by atoms with Crippen molar-refractivity contribution >= 4 is 0 Å². The number of nitrogens with zero attached hydrogens (tertiary/aromatic N) is 1. The van der Waals surface area contributed by atoms with Gasteiger partial charge in [0.15, 0.2) is 0 Å². The van der Waals surface area contributed by atoms with E-state index in [0.29, 0.717) is 6.04 Å². The van der Waals surface area contributed by atoms with Crippen molar-refractivity contribution in [2.45, 2.75) is 39.7 Å². The molecule has 0 aromatic rings. The van der Waals surface area contributed by atoms with Gasteiger partial charge in [-0.2, -0.15) is 0 Å². The van der Waals surface area contributed by atoms with Gasteiger partial charge in [-0.05, 0) is 33.2 Å².